The zero-order valence-corrected chi connectivity index (χ0v) is 14.5. The molecule has 2 rings (SSSR count). The predicted octanol–water partition coefficient (Wildman–Crippen LogP) is 1.58. The van der Waals surface area contributed by atoms with Crippen LogP contribution in [0.3, 0.4) is 0 Å². The maximum atomic E-state index is 12.6. The number of nitrogens with zero attached hydrogens (tertiary/aromatic N) is 1. The maximum absolute atomic E-state index is 12.6. The summed E-state index contributed by atoms with van der Waals surface area (Å²) in [4.78, 5) is 0. The normalized spacial score (nSPS) is 35.8. The van der Waals surface area contributed by atoms with Crippen LogP contribution in [0, 0.1) is 17.8 Å². The van der Waals surface area contributed by atoms with E-state index in [4.69, 9.17) is 0 Å². The van der Waals surface area contributed by atoms with Gasteiger partial charge in [0.25, 0.3) is 10.2 Å². The molecule has 2 N–H and O–H groups in total. The van der Waals surface area contributed by atoms with Crippen molar-refractivity contribution in [3.8, 4) is 0 Å². The molecule has 1 saturated heterocycles. The summed E-state index contributed by atoms with van der Waals surface area (Å²) in [5.41, 5.74) is 0. The molecule has 1 aliphatic carbocycles. The fraction of sp³-hybridized carbons (Fsp3) is 1.00. The van der Waals surface area contributed by atoms with Gasteiger partial charge in [0.05, 0.1) is 0 Å². The molecule has 0 aromatic rings. The number of hydrogen-bond donors (Lipinski definition) is 2. The fourth-order valence-electron chi connectivity index (χ4n) is 4.03. The second kappa shape index (κ2) is 7.40. The van der Waals surface area contributed by atoms with Crippen molar-refractivity contribution in [3.05, 3.63) is 0 Å². The van der Waals surface area contributed by atoms with Gasteiger partial charge in [-0.3, -0.25) is 0 Å². The van der Waals surface area contributed by atoms with Crippen molar-refractivity contribution in [1.29, 1.82) is 0 Å². The SMILES string of the molecule is CNCC1CCCN(S(=O)(=O)NC2CC(C)CC(C)C2)C1. The molecule has 3 unspecified atom stereocenters. The highest BCUT2D eigenvalue weighted by Gasteiger charge is 2.32. The van der Waals surface area contributed by atoms with Crippen LogP contribution in [-0.4, -0.2) is 45.4 Å². The third-order valence-electron chi connectivity index (χ3n) is 4.81. The summed E-state index contributed by atoms with van der Waals surface area (Å²) in [6.07, 6.45) is 5.23. The average molecular weight is 317 g/mol. The van der Waals surface area contributed by atoms with Crippen LogP contribution in [0.4, 0.5) is 0 Å². The smallest absolute Gasteiger partial charge is 0.279 e. The molecule has 0 radical (unpaired) electrons. The van der Waals surface area contributed by atoms with Crippen LogP contribution in [-0.2, 0) is 10.2 Å². The Bertz CT molecular complexity index is 415. The van der Waals surface area contributed by atoms with Gasteiger partial charge in [-0.15, -0.1) is 0 Å². The van der Waals surface area contributed by atoms with Crippen LogP contribution in [0.1, 0.15) is 46.0 Å². The number of piperidine rings is 1. The summed E-state index contributed by atoms with van der Waals surface area (Å²) in [6, 6.07) is 0.110. The van der Waals surface area contributed by atoms with E-state index in [1.165, 1.54) is 6.42 Å². The molecule has 0 spiro atoms. The topological polar surface area (TPSA) is 61.4 Å². The molecule has 3 atom stereocenters. The van der Waals surface area contributed by atoms with E-state index in [-0.39, 0.29) is 6.04 Å². The summed E-state index contributed by atoms with van der Waals surface area (Å²) >= 11 is 0. The van der Waals surface area contributed by atoms with Gasteiger partial charge in [-0.25, -0.2) is 0 Å². The van der Waals surface area contributed by atoms with Crippen LogP contribution in [0.5, 0.6) is 0 Å². The number of nitrogens with one attached hydrogen (secondary N) is 2. The van der Waals surface area contributed by atoms with E-state index in [2.05, 4.69) is 23.9 Å². The Labute approximate surface area is 130 Å². The fourth-order valence-corrected chi connectivity index (χ4v) is 5.57. The van der Waals surface area contributed by atoms with Crippen LogP contribution in [0.25, 0.3) is 0 Å². The van der Waals surface area contributed by atoms with Crippen LogP contribution >= 0.6 is 0 Å². The van der Waals surface area contributed by atoms with E-state index in [9.17, 15) is 8.42 Å². The van der Waals surface area contributed by atoms with Gasteiger partial charge in [0.1, 0.15) is 0 Å². The van der Waals surface area contributed by atoms with Gasteiger partial charge >= 0.3 is 0 Å². The van der Waals surface area contributed by atoms with Gasteiger partial charge in [-0.2, -0.15) is 17.4 Å². The maximum Gasteiger partial charge on any atom is 0.279 e. The Morgan fingerprint density at radius 2 is 1.81 bits per heavy atom. The molecule has 1 heterocycles. The molecule has 0 aromatic heterocycles. The van der Waals surface area contributed by atoms with Gasteiger partial charge < -0.3 is 5.32 Å². The third kappa shape index (κ3) is 4.91. The average Bonchev–Trinajstić information content (AvgIpc) is 2.37. The predicted molar refractivity (Wildman–Crippen MR) is 86.2 cm³/mol. The summed E-state index contributed by atoms with van der Waals surface area (Å²) in [6.45, 7) is 6.65. The Balaban J connectivity index is 1.94. The van der Waals surface area contributed by atoms with Crippen molar-refractivity contribution in [1.82, 2.24) is 14.3 Å². The first-order chi connectivity index (χ1) is 9.90. The van der Waals surface area contributed by atoms with E-state index in [1.807, 2.05) is 7.05 Å². The monoisotopic (exact) mass is 317 g/mol. The molecule has 5 nitrogen and oxygen atoms in total. The quantitative estimate of drug-likeness (QED) is 0.809. The molecule has 21 heavy (non-hydrogen) atoms. The minimum absolute atomic E-state index is 0.110. The second-order valence-electron chi connectivity index (χ2n) is 7.16. The molecule has 124 valence electrons. The van der Waals surface area contributed by atoms with Gasteiger partial charge in [-0.1, -0.05) is 13.8 Å². The van der Waals surface area contributed by atoms with Crippen molar-refractivity contribution < 1.29 is 8.42 Å². The van der Waals surface area contributed by atoms with Gasteiger partial charge in [0, 0.05) is 19.1 Å². The highest BCUT2D eigenvalue weighted by molar-refractivity contribution is 7.87. The van der Waals surface area contributed by atoms with E-state index in [0.29, 0.717) is 30.8 Å². The molecule has 0 amide bonds. The zero-order valence-electron chi connectivity index (χ0n) is 13.6. The van der Waals surface area contributed by atoms with Crippen molar-refractivity contribution >= 4 is 10.2 Å². The van der Waals surface area contributed by atoms with Crippen molar-refractivity contribution in [2.45, 2.75) is 52.0 Å². The molecule has 0 aromatic carbocycles. The van der Waals surface area contributed by atoms with Crippen LogP contribution in [0.15, 0.2) is 0 Å². The Kier molecular flexibility index (Phi) is 6.05. The molecule has 2 fully saturated rings. The van der Waals surface area contributed by atoms with Gasteiger partial charge in [0.2, 0.25) is 0 Å². The molecule has 1 saturated carbocycles. The summed E-state index contributed by atoms with van der Waals surface area (Å²) in [5.74, 6) is 1.66. The van der Waals surface area contributed by atoms with E-state index in [1.54, 1.807) is 4.31 Å². The molecule has 6 heteroatoms. The second-order valence-corrected chi connectivity index (χ2v) is 8.86. The highest BCUT2D eigenvalue weighted by atomic mass is 32.2. The molecule has 1 aliphatic heterocycles. The van der Waals surface area contributed by atoms with E-state index >= 15 is 0 Å². The summed E-state index contributed by atoms with van der Waals surface area (Å²) in [5, 5.41) is 3.16. The first-order valence-corrected chi connectivity index (χ1v) is 9.76. The Morgan fingerprint density at radius 3 is 2.43 bits per heavy atom. The van der Waals surface area contributed by atoms with Crippen molar-refractivity contribution in [2.24, 2.45) is 17.8 Å². The van der Waals surface area contributed by atoms with Gasteiger partial charge in [0.15, 0.2) is 0 Å². The largest absolute Gasteiger partial charge is 0.319 e. The van der Waals surface area contributed by atoms with Crippen molar-refractivity contribution in [3.63, 3.8) is 0 Å². The first kappa shape index (κ1) is 17.2. The molecule has 2 aliphatic rings. The minimum atomic E-state index is -3.33. The lowest BCUT2D eigenvalue weighted by atomic mass is 9.81. The van der Waals surface area contributed by atoms with Crippen LogP contribution in [0.2, 0.25) is 0 Å². The van der Waals surface area contributed by atoms with Crippen LogP contribution < -0.4 is 10.0 Å². The Morgan fingerprint density at radius 1 is 1.14 bits per heavy atom. The lowest BCUT2D eigenvalue weighted by molar-refractivity contribution is 0.239. The van der Waals surface area contributed by atoms with E-state index < -0.39 is 10.2 Å². The summed E-state index contributed by atoms with van der Waals surface area (Å²) < 4.78 is 29.8. The Hall–Kier alpha value is -0.170. The lowest BCUT2D eigenvalue weighted by Crippen LogP contribution is -2.51. The molecular weight excluding hydrogens is 286 g/mol. The highest BCUT2D eigenvalue weighted by Crippen LogP contribution is 2.29. The zero-order chi connectivity index (χ0) is 15.5. The van der Waals surface area contributed by atoms with E-state index in [0.717, 1.165) is 32.2 Å². The number of hydrogen-bond acceptors (Lipinski definition) is 3. The van der Waals surface area contributed by atoms with Crippen molar-refractivity contribution in [2.75, 3.05) is 26.7 Å². The standard InChI is InChI=1S/C15H31N3O2S/c1-12-7-13(2)9-15(8-12)17-21(19,20)18-6-4-5-14(11-18)10-16-3/h12-17H,4-11H2,1-3H3. The molecule has 0 bridgehead atoms. The third-order valence-corrected chi connectivity index (χ3v) is 6.45. The lowest BCUT2D eigenvalue weighted by Gasteiger charge is -2.36. The summed E-state index contributed by atoms with van der Waals surface area (Å²) in [7, 11) is -1.40. The number of rotatable bonds is 5. The molecular formula is C15H31N3O2S. The first-order valence-electron chi connectivity index (χ1n) is 8.32. The minimum Gasteiger partial charge on any atom is -0.319 e. The van der Waals surface area contributed by atoms with Gasteiger partial charge in [-0.05, 0) is 63.5 Å².